The maximum absolute atomic E-state index is 11.9. The first-order chi connectivity index (χ1) is 12.5. The van der Waals surface area contributed by atoms with Crippen LogP contribution in [0.3, 0.4) is 0 Å². The fourth-order valence-electron chi connectivity index (χ4n) is 2.26. The monoisotopic (exact) mass is 501 g/mol. The molecule has 0 fully saturated rings. The van der Waals surface area contributed by atoms with E-state index in [-0.39, 0.29) is 36.4 Å². The molecule has 0 spiro atoms. The number of aryl methyl sites for hydroxylation is 1. The Balaban J connectivity index is 0.00000364. The molecule has 1 heterocycles. The molecule has 6 nitrogen and oxygen atoms in total. The predicted molar refractivity (Wildman–Crippen MR) is 123 cm³/mol. The number of amides is 1. The highest BCUT2D eigenvalue weighted by Gasteiger charge is 2.11. The first-order valence-corrected chi connectivity index (χ1v) is 9.42. The zero-order chi connectivity index (χ0) is 18.9. The summed E-state index contributed by atoms with van der Waals surface area (Å²) in [5.41, 5.74) is 1.13. The Labute approximate surface area is 182 Å². The summed E-state index contributed by atoms with van der Waals surface area (Å²) in [5, 5.41) is 4.29. The first kappa shape index (κ1) is 23.4. The van der Waals surface area contributed by atoms with Gasteiger partial charge in [-0.3, -0.25) is 4.79 Å². The lowest BCUT2D eigenvalue weighted by Crippen LogP contribution is -2.44. The second-order valence-electron chi connectivity index (χ2n) is 6.30. The summed E-state index contributed by atoms with van der Waals surface area (Å²) >= 11 is 1.71. The highest BCUT2D eigenvalue weighted by atomic mass is 127. The third-order valence-electron chi connectivity index (χ3n) is 3.84. The number of aliphatic imine (C=N–C) groups is 1. The quantitative estimate of drug-likeness (QED) is 0.360. The minimum atomic E-state index is 0. The molecule has 8 heteroatoms. The van der Waals surface area contributed by atoms with Crippen molar-refractivity contribution in [2.24, 2.45) is 4.99 Å². The Bertz CT molecular complexity index is 733. The van der Waals surface area contributed by atoms with Gasteiger partial charge in [-0.15, -0.1) is 35.3 Å². The van der Waals surface area contributed by atoms with Crippen LogP contribution in [0, 0.1) is 6.92 Å². The van der Waals surface area contributed by atoms with E-state index in [4.69, 9.17) is 0 Å². The van der Waals surface area contributed by atoms with Crippen molar-refractivity contribution in [1.82, 2.24) is 20.1 Å². The highest BCUT2D eigenvalue weighted by molar-refractivity contribution is 14.0. The van der Waals surface area contributed by atoms with Gasteiger partial charge in [-0.05, 0) is 12.5 Å². The lowest BCUT2D eigenvalue weighted by molar-refractivity contribution is -0.127. The maximum atomic E-state index is 11.9. The number of carbonyl (C=O) groups is 1. The number of hydrogen-bond donors (Lipinski definition) is 1. The average molecular weight is 501 g/mol. The van der Waals surface area contributed by atoms with Gasteiger partial charge in [0.05, 0.1) is 18.1 Å². The lowest BCUT2D eigenvalue weighted by atomic mass is 10.2. The Morgan fingerprint density at radius 3 is 2.52 bits per heavy atom. The van der Waals surface area contributed by atoms with E-state index in [1.807, 2.05) is 48.5 Å². The largest absolute Gasteiger partial charge is 0.347 e. The normalized spacial score (nSPS) is 10.9. The molecule has 0 saturated heterocycles. The number of hydrogen-bond acceptors (Lipinski definition) is 4. The van der Waals surface area contributed by atoms with Crippen molar-refractivity contribution in [2.45, 2.75) is 19.9 Å². The molecule has 0 atom stereocenters. The number of halogens is 1. The van der Waals surface area contributed by atoms with Gasteiger partial charge in [0.15, 0.2) is 5.96 Å². The van der Waals surface area contributed by atoms with Gasteiger partial charge in [0.2, 0.25) is 5.91 Å². The van der Waals surface area contributed by atoms with E-state index in [9.17, 15) is 4.79 Å². The predicted octanol–water partition coefficient (Wildman–Crippen LogP) is 2.78. The summed E-state index contributed by atoms with van der Waals surface area (Å²) in [5.74, 6) is 0.735. The number of thiazole rings is 1. The molecular weight excluding hydrogens is 473 g/mol. The van der Waals surface area contributed by atoms with Crippen molar-refractivity contribution in [1.29, 1.82) is 0 Å². The van der Waals surface area contributed by atoms with E-state index in [1.165, 1.54) is 4.88 Å². The van der Waals surface area contributed by atoms with Crippen LogP contribution in [0.2, 0.25) is 0 Å². The number of benzene rings is 1. The van der Waals surface area contributed by atoms with Gasteiger partial charge < -0.3 is 15.1 Å². The zero-order valence-electron chi connectivity index (χ0n) is 16.3. The molecule has 2 aromatic rings. The Morgan fingerprint density at radius 1 is 1.22 bits per heavy atom. The molecule has 0 bridgehead atoms. The molecule has 0 aliphatic rings. The zero-order valence-corrected chi connectivity index (χ0v) is 19.5. The minimum absolute atomic E-state index is 0. The van der Waals surface area contributed by atoms with E-state index >= 15 is 0 Å². The highest BCUT2D eigenvalue weighted by Crippen LogP contribution is 2.12. The summed E-state index contributed by atoms with van der Waals surface area (Å²) in [4.78, 5) is 25.8. The van der Waals surface area contributed by atoms with Crippen LogP contribution in [0.5, 0.6) is 0 Å². The maximum Gasteiger partial charge on any atom is 0.241 e. The van der Waals surface area contributed by atoms with E-state index in [2.05, 4.69) is 22.2 Å². The van der Waals surface area contributed by atoms with Crippen molar-refractivity contribution in [3.63, 3.8) is 0 Å². The second kappa shape index (κ2) is 11.9. The molecule has 2 rings (SSSR count). The molecule has 1 amide bonds. The van der Waals surface area contributed by atoms with Crippen LogP contribution in [0.4, 0.5) is 0 Å². The van der Waals surface area contributed by atoms with E-state index in [0.29, 0.717) is 6.54 Å². The number of carbonyl (C=O) groups excluding carboxylic acids is 1. The van der Waals surface area contributed by atoms with Crippen molar-refractivity contribution in [3.8, 4) is 0 Å². The van der Waals surface area contributed by atoms with Crippen molar-refractivity contribution in [2.75, 3.05) is 34.2 Å². The summed E-state index contributed by atoms with van der Waals surface area (Å²) in [6.45, 7) is 3.64. The van der Waals surface area contributed by atoms with Crippen molar-refractivity contribution < 1.29 is 4.79 Å². The van der Waals surface area contributed by atoms with Crippen LogP contribution in [0.25, 0.3) is 0 Å². The summed E-state index contributed by atoms with van der Waals surface area (Å²) in [6.07, 6.45) is 2.75. The number of nitrogens with one attached hydrogen (secondary N) is 1. The molecule has 0 saturated carbocycles. The van der Waals surface area contributed by atoms with E-state index in [0.717, 1.165) is 29.5 Å². The smallest absolute Gasteiger partial charge is 0.241 e. The van der Waals surface area contributed by atoms with Gasteiger partial charge in [-0.25, -0.2) is 9.98 Å². The van der Waals surface area contributed by atoms with Crippen LogP contribution in [0.1, 0.15) is 15.4 Å². The number of guanidine groups is 1. The summed E-state index contributed by atoms with van der Waals surface area (Å²) in [6, 6.07) is 10.1. The summed E-state index contributed by atoms with van der Waals surface area (Å²) in [7, 11) is 5.48. The molecular formula is C19H28IN5OS. The fraction of sp³-hybridized carbons (Fsp3) is 0.421. The van der Waals surface area contributed by atoms with Crippen LogP contribution >= 0.6 is 35.3 Å². The number of nitrogens with zero attached hydrogens (tertiary/aromatic N) is 4. The molecule has 0 unspecified atom stereocenters. The number of rotatable bonds is 7. The van der Waals surface area contributed by atoms with Gasteiger partial charge in [0, 0.05) is 45.2 Å². The molecule has 0 radical (unpaired) electrons. The standard InChI is InChI=1S/C19H27N5OS.HI/c1-15-12-20-17(26-15)10-11-24(4)19(22-14-18(25)23(2)3)21-13-16-8-6-5-7-9-16;/h5-9,12H,10-11,13-14H2,1-4H3,(H,21,22);1H. The topological polar surface area (TPSA) is 60.8 Å². The third-order valence-corrected chi connectivity index (χ3v) is 4.82. The lowest BCUT2D eigenvalue weighted by Gasteiger charge is -2.22. The van der Waals surface area contributed by atoms with E-state index < -0.39 is 0 Å². The molecule has 1 aromatic carbocycles. The van der Waals surface area contributed by atoms with Gasteiger partial charge in [0.25, 0.3) is 0 Å². The minimum Gasteiger partial charge on any atom is -0.347 e. The van der Waals surface area contributed by atoms with Crippen LogP contribution in [-0.4, -0.2) is 60.9 Å². The molecule has 1 aromatic heterocycles. The van der Waals surface area contributed by atoms with Gasteiger partial charge in [-0.1, -0.05) is 30.3 Å². The van der Waals surface area contributed by atoms with Crippen LogP contribution in [0.15, 0.2) is 41.5 Å². The third kappa shape index (κ3) is 8.25. The Morgan fingerprint density at radius 2 is 1.93 bits per heavy atom. The molecule has 27 heavy (non-hydrogen) atoms. The Kier molecular flexibility index (Phi) is 10.3. The number of aromatic nitrogens is 1. The second-order valence-corrected chi connectivity index (χ2v) is 7.62. The van der Waals surface area contributed by atoms with Gasteiger partial charge in [-0.2, -0.15) is 0 Å². The SMILES string of the molecule is Cc1cnc(CCN(C)C(=NCc2ccccc2)NCC(=O)N(C)C)s1.I. The van der Waals surface area contributed by atoms with Gasteiger partial charge in [0.1, 0.15) is 0 Å². The summed E-state index contributed by atoms with van der Waals surface area (Å²) < 4.78 is 0. The molecule has 1 N–H and O–H groups in total. The van der Waals surface area contributed by atoms with Crippen LogP contribution in [-0.2, 0) is 17.8 Å². The van der Waals surface area contributed by atoms with Crippen molar-refractivity contribution >= 4 is 47.2 Å². The average Bonchev–Trinajstić information content (AvgIpc) is 3.05. The van der Waals surface area contributed by atoms with Gasteiger partial charge >= 0.3 is 0 Å². The van der Waals surface area contributed by atoms with Crippen molar-refractivity contribution in [3.05, 3.63) is 52.0 Å². The number of likely N-dealkylation sites (N-methyl/N-ethyl adjacent to an activating group) is 2. The fourth-order valence-corrected chi connectivity index (χ4v) is 3.04. The molecule has 0 aliphatic carbocycles. The van der Waals surface area contributed by atoms with Crippen LogP contribution < -0.4 is 5.32 Å². The first-order valence-electron chi connectivity index (χ1n) is 8.60. The molecule has 148 valence electrons. The Hall–Kier alpha value is -1.68. The van der Waals surface area contributed by atoms with E-state index in [1.54, 1.807) is 30.3 Å². The molecule has 0 aliphatic heterocycles.